The molecular weight excluding hydrogens is 256 g/mol. The second kappa shape index (κ2) is 4.93. The minimum absolute atomic E-state index is 0.0406. The van der Waals surface area contributed by atoms with E-state index >= 15 is 0 Å². The Labute approximate surface area is 119 Å². The van der Waals surface area contributed by atoms with Crippen LogP contribution >= 0.6 is 11.6 Å². The van der Waals surface area contributed by atoms with Crippen molar-refractivity contribution in [2.75, 3.05) is 0 Å². The number of halogens is 1. The summed E-state index contributed by atoms with van der Waals surface area (Å²) in [4.78, 5) is 8.99. The molecule has 0 saturated carbocycles. The minimum Gasteiger partial charge on any atom is -0.232 e. The highest BCUT2D eigenvalue weighted by molar-refractivity contribution is 6.29. The summed E-state index contributed by atoms with van der Waals surface area (Å²) in [6.45, 7) is 10.5. The molecule has 0 bridgehead atoms. The smallest absolute Gasteiger partial charge is 0.161 e. The predicted molar refractivity (Wildman–Crippen MR) is 80.7 cm³/mol. The molecule has 2 rings (SSSR count). The summed E-state index contributed by atoms with van der Waals surface area (Å²) < 4.78 is 0. The van der Waals surface area contributed by atoms with Crippen LogP contribution in [-0.2, 0) is 5.41 Å². The lowest BCUT2D eigenvalue weighted by Crippen LogP contribution is -2.14. The van der Waals surface area contributed by atoms with Crippen LogP contribution in [-0.4, -0.2) is 9.97 Å². The summed E-state index contributed by atoms with van der Waals surface area (Å²) >= 11 is 6.13. The van der Waals surface area contributed by atoms with Crippen molar-refractivity contribution in [2.45, 2.75) is 40.0 Å². The number of nitrogens with zero attached hydrogens (tertiary/aromatic N) is 2. The Balaban J connectivity index is 2.56. The third kappa shape index (κ3) is 3.13. The SMILES string of the molecule is Cc1ccc(-c2nc(Cl)cc(C(C)(C)C)n2)cc1C. The third-order valence-electron chi connectivity index (χ3n) is 3.23. The van der Waals surface area contributed by atoms with E-state index in [9.17, 15) is 0 Å². The van der Waals surface area contributed by atoms with E-state index in [1.54, 1.807) is 0 Å². The lowest BCUT2D eigenvalue weighted by Gasteiger charge is -2.18. The molecule has 100 valence electrons. The van der Waals surface area contributed by atoms with Crippen LogP contribution in [0.5, 0.6) is 0 Å². The number of hydrogen-bond donors (Lipinski definition) is 0. The predicted octanol–water partition coefficient (Wildman–Crippen LogP) is 4.71. The van der Waals surface area contributed by atoms with Crippen molar-refractivity contribution in [3.05, 3.63) is 46.2 Å². The Hall–Kier alpha value is -1.41. The van der Waals surface area contributed by atoms with Crippen molar-refractivity contribution in [1.82, 2.24) is 9.97 Å². The van der Waals surface area contributed by atoms with Crippen LogP contribution in [0.15, 0.2) is 24.3 Å². The third-order valence-corrected chi connectivity index (χ3v) is 3.42. The van der Waals surface area contributed by atoms with Gasteiger partial charge < -0.3 is 0 Å². The Morgan fingerprint density at radius 1 is 0.947 bits per heavy atom. The van der Waals surface area contributed by atoms with Gasteiger partial charge in [-0.05, 0) is 37.1 Å². The van der Waals surface area contributed by atoms with Crippen LogP contribution in [0.2, 0.25) is 5.15 Å². The summed E-state index contributed by atoms with van der Waals surface area (Å²) in [7, 11) is 0. The molecule has 2 aromatic rings. The summed E-state index contributed by atoms with van der Waals surface area (Å²) in [6, 6.07) is 8.08. The highest BCUT2D eigenvalue weighted by Crippen LogP contribution is 2.26. The molecule has 3 heteroatoms. The second-order valence-corrected chi connectivity index (χ2v) is 6.34. The average Bonchev–Trinajstić information content (AvgIpc) is 2.31. The minimum atomic E-state index is -0.0406. The van der Waals surface area contributed by atoms with Gasteiger partial charge in [0.25, 0.3) is 0 Å². The topological polar surface area (TPSA) is 25.8 Å². The van der Waals surface area contributed by atoms with Gasteiger partial charge in [-0.3, -0.25) is 0 Å². The standard InChI is InChI=1S/C16H19ClN2/c1-10-6-7-12(8-11(10)2)15-18-13(16(3,4)5)9-14(17)19-15/h6-9H,1-5H3. The van der Waals surface area contributed by atoms with Gasteiger partial charge in [0.2, 0.25) is 0 Å². The molecule has 0 fully saturated rings. The first-order chi connectivity index (χ1) is 8.77. The molecule has 1 aromatic heterocycles. The molecule has 0 amide bonds. The zero-order valence-electron chi connectivity index (χ0n) is 12.1. The van der Waals surface area contributed by atoms with Crippen molar-refractivity contribution in [1.29, 1.82) is 0 Å². The van der Waals surface area contributed by atoms with Gasteiger partial charge >= 0.3 is 0 Å². The molecule has 2 nitrogen and oxygen atoms in total. The van der Waals surface area contributed by atoms with E-state index in [1.165, 1.54) is 11.1 Å². The first-order valence-electron chi connectivity index (χ1n) is 6.40. The summed E-state index contributed by atoms with van der Waals surface area (Å²) in [5.41, 5.74) is 4.43. The normalized spacial score (nSPS) is 11.7. The number of aryl methyl sites for hydroxylation is 2. The van der Waals surface area contributed by atoms with Gasteiger partial charge in [-0.25, -0.2) is 9.97 Å². The highest BCUT2D eigenvalue weighted by atomic mass is 35.5. The molecule has 0 saturated heterocycles. The quantitative estimate of drug-likeness (QED) is 0.704. The lowest BCUT2D eigenvalue weighted by molar-refractivity contribution is 0.568. The van der Waals surface area contributed by atoms with Crippen LogP contribution in [0.25, 0.3) is 11.4 Å². The van der Waals surface area contributed by atoms with E-state index in [2.05, 4.69) is 56.7 Å². The Morgan fingerprint density at radius 2 is 1.63 bits per heavy atom. The fourth-order valence-corrected chi connectivity index (χ4v) is 1.99. The lowest BCUT2D eigenvalue weighted by atomic mass is 9.92. The molecule has 0 spiro atoms. The Bertz CT molecular complexity index is 613. The van der Waals surface area contributed by atoms with Crippen LogP contribution in [0, 0.1) is 13.8 Å². The maximum Gasteiger partial charge on any atom is 0.161 e. The number of aromatic nitrogens is 2. The van der Waals surface area contributed by atoms with Crippen molar-refractivity contribution >= 4 is 11.6 Å². The van der Waals surface area contributed by atoms with Crippen LogP contribution < -0.4 is 0 Å². The van der Waals surface area contributed by atoms with E-state index in [0.717, 1.165) is 11.3 Å². The Morgan fingerprint density at radius 3 is 2.21 bits per heavy atom. The molecule has 0 radical (unpaired) electrons. The van der Waals surface area contributed by atoms with E-state index in [1.807, 2.05) is 12.1 Å². The zero-order valence-corrected chi connectivity index (χ0v) is 12.8. The number of rotatable bonds is 1. The van der Waals surface area contributed by atoms with Gasteiger partial charge in [-0.1, -0.05) is 44.5 Å². The molecular formula is C16H19ClN2. The fourth-order valence-electron chi connectivity index (χ4n) is 1.81. The molecule has 19 heavy (non-hydrogen) atoms. The van der Waals surface area contributed by atoms with E-state index in [0.29, 0.717) is 11.0 Å². The molecule has 0 aliphatic carbocycles. The van der Waals surface area contributed by atoms with E-state index in [-0.39, 0.29) is 5.41 Å². The second-order valence-electron chi connectivity index (χ2n) is 5.95. The molecule has 0 aliphatic heterocycles. The van der Waals surface area contributed by atoms with Crippen molar-refractivity contribution in [3.8, 4) is 11.4 Å². The highest BCUT2D eigenvalue weighted by Gasteiger charge is 2.18. The monoisotopic (exact) mass is 274 g/mol. The van der Waals surface area contributed by atoms with Crippen LogP contribution in [0.4, 0.5) is 0 Å². The van der Waals surface area contributed by atoms with Crippen molar-refractivity contribution in [2.24, 2.45) is 0 Å². The van der Waals surface area contributed by atoms with Gasteiger partial charge in [0.05, 0.1) is 5.69 Å². The van der Waals surface area contributed by atoms with Gasteiger partial charge in [0.15, 0.2) is 5.82 Å². The van der Waals surface area contributed by atoms with Gasteiger partial charge in [-0.2, -0.15) is 0 Å². The first kappa shape index (κ1) is 14.0. The number of hydrogen-bond acceptors (Lipinski definition) is 2. The average molecular weight is 275 g/mol. The maximum absolute atomic E-state index is 6.13. The van der Waals surface area contributed by atoms with Gasteiger partial charge in [0, 0.05) is 11.0 Å². The van der Waals surface area contributed by atoms with Crippen molar-refractivity contribution in [3.63, 3.8) is 0 Å². The zero-order chi connectivity index (χ0) is 14.2. The molecule has 0 atom stereocenters. The Kier molecular flexibility index (Phi) is 3.64. The molecule has 1 aromatic carbocycles. The van der Waals surface area contributed by atoms with Crippen LogP contribution in [0.3, 0.4) is 0 Å². The summed E-state index contributed by atoms with van der Waals surface area (Å²) in [5.74, 6) is 0.695. The largest absolute Gasteiger partial charge is 0.232 e. The number of benzene rings is 1. The van der Waals surface area contributed by atoms with E-state index in [4.69, 9.17) is 11.6 Å². The van der Waals surface area contributed by atoms with Gasteiger partial charge in [0.1, 0.15) is 5.15 Å². The molecule has 0 unspecified atom stereocenters. The molecule has 0 N–H and O–H groups in total. The summed E-state index contributed by atoms with van der Waals surface area (Å²) in [5, 5.41) is 0.494. The first-order valence-corrected chi connectivity index (χ1v) is 6.78. The molecule has 1 heterocycles. The van der Waals surface area contributed by atoms with Gasteiger partial charge in [-0.15, -0.1) is 0 Å². The van der Waals surface area contributed by atoms with E-state index < -0.39 is 0 Å². The summed E-state index contributed by atoms with van der Waals surface area (Å²) in [6.07, 6.45) is 0. The van der Waals surface area contributed by atoms with Crippen LogP contribution in [0.1, 0.15) is 37.6 Å². The molecule has 0 aliphatic rings. The fraction of sp³-hybridized carbons (Fsp3) is 0.375. The van der Waals surface area contributed by atoms with Crippen molar-refractivity contribution < 1.29 is 0 Å². The maximum atomic E-state index is 6.13.